The molecule has 0 aromatic heterocycles. The lowest BCUT2D eigenvalue weighted by molar-refractivity contribution is -0.150. The first-order valence-electron chi connectivity index (χ1n) is 12.5. The quantitative estimate of drug-likeness (QED) is 0.167. The van der Waals surface area contributed by atoms with E-state index < -0.39 is 54.4 Å². The number of aliphatic hydroxyl groups excluding tert-OH is 1. The Morgan fingerprint density at radius 2 is 1.60 bits per heavy atom. The molecule has 13 heteroatoms. The highest BCUT2D eigenvalue weighted by Crippen LogP contribution is 2.26. The highest BCUT2D eigenvalue weighted by molar-refractivity contribution is 6.18. The Balaban J connectivity index is 0.00000800. The molecule has 0 heterocycles. The third kappa shape index (κ3) is 10.8. The van der Waals surface area contributed by atoms with Gasteiger partial charge in [0, 0.05) is 31.3 Å². The van der Waals surface area contributed by atoms with E-state index in [1.54, 1.807) is 19.1 Å². The zero-order valence-electron chi connectivity index (χ0n) is 22.1. The Bertz CT molecular complexity index is 1050. The van der Waals surface area contributed by atoms with Crippen molar-refractivity contribution in [2.45, 2.75) is 37.5 Å². The molecule has 9 nitrogen and oxygen atoms in total. The van der Waals surface area contributed by atoms with Gasteiger partial charge in [0.15, 0.2) is 0 Å². The van der Waals surface area contributed by atoms with E-state index in [0.29, 0.717) is 24.2 Å². The zero-order chi connectivity index (χ0) is 28.8. The number of hydrogen-bond acceptors (Lipinski definition) is 7. The summed E-state index contributed by atoms with van der Waals surface area (Å²) in [5.41, 5.74) is 6.91. The number of alkyl halides is 2. The lowest BCUT2D eigenvalue weighted by atomic mass is 9.96. The molecule has 0 saturated heterocycles. The second kappa shape index (κ2) is 18.8. The van der Waals surface area contributed by atoms with Crippen LogP contribution in [-0.4, -0.2) is 84.0 Å². The fraction of sp³-hybridized carbons (Fsp3) is 0.444. The van der Waals surface area contributed by atoms with Crippen molar-refractivity contribution >= 4 is 53.4 Å². The molecule has 0 spiro atoms. The lowest BCUT2D eigenvalue weighted by Gasteiger charge is -2.36. The molecule has 2 aromatic rings. The number of hydrogen-bond donors (Lipinski definition) is 4. The summed E-state index contributed by atoms with van der Waals surface area (Å²) in [7, 11) is 0. The summed E-state index contributed by atoms with van der Waals surface area (Å²) in [4.78, 5) is 41.4. The van der Waals surface area contributed by atoms with Crippen molar-refractivity contribution in [3.05, 3.63) is 71.5 Å². The first kappa shape index (κ1) is 35.6. The summed E-state index contributed by atoms with van der Waals surface area (Å²) < 4.78 is 18.8. The number of carbonyl (C=O) groups is 3. The fourth-order valence-corrected chi connectivity index (χ4v) is 4.49. The molecule has 1 unspecified atom stereocenters. The number of nitrogens with two attached hydrogens (primary N) is 1. The van der Waals surface area contributed by atoms with Crippen molar-refractivity contribution < 1.29 is 28.6 Å². The molecule has 0 saturated carbocycles. The van der Waals surface area contributed by atoms with Crippen molar-refractivity contribution in [1.82, 2.24) is 15.5 Å². The molecule has 2 amide bonds. The maximum Gasteiger partial charge on any atom is 0.330 e. The molecule has 5 N–H and O–H groups in total. The summed E-state index contributed by atoms with van der Waals surface area (Å²) in [6.07, 6.45) is -0.0331. The van der Waals surface area contributed by atoms with Crippen LogP contribution in [0.1, 0.15) is 24.1 Å². The van der Waals surface area contributed by atoms with E-state index in [1.165, 1.54) is 24.3 Å². The van der Waals surface area contributed by atoms with Gasteiger partial charge < -0.3 is 26.2 Å². The second-order valence-corrected chi connectivity index (χ2v) is 9.44. The molecular weight excluding hydrogens is 586 g/mol. The van der Waals surface area contributed by atoms with Crippen LogP contribution in [0.4, 0.5) is 4.39 Å². The summed E-state index contributed by atoms with van der Waals surface area (Å²) in [5.74, 6) is -2.13. The van der Waals surface area contributed by atoms with Gasteiger partial charge in [-0.2, -0.15) is 0 Å². The van der Waals surface area contributed by atoms with Gasteiger partial charge in [0.05, 0.1) is 19.3 Å². The highest BCUT2D eigenvalue weighted by Gasteiger charge is 2.38. The van der Waals surface area contributed by atoms with E-state index in [-0.39, 0.29) is 37.2 Å². The zero-order valence-corrected chi connectivity index (χ0v) is 24.4. The van der Waals surface area contributed by atoms with E-state index in [0.717, 1.165) is 0 Å². The molecule has 0 aliphatic heterocycles. The minimum atomic E-state index is -1.27. The van der Waals surface area contributed by atoms with Crippen LogP contribution in [0.5, 0.6) is 0 Å². The molecule has 0 aliphatic carbocycles. The number of esters is 1. The van der Waals surface area contributed by atoms with Crippen LogP contribution in [-0.2, 0) is 25.5 Å². The number of nitrogens with zero attached hydrogens (tertiary/aromatic N) is 1. The molecule has 0 fully saturated rings. The van der Waals surface area contributed by atoms with E-state index >= 15 is 0 Å². The number of ether oxygens (including phenoxy) is 1. The number of amides is 2. The van der Waals surface area contributed by atoms with Crippen molar-refractivity contribution in [3.63, 3.8) is 0 Å². The van der Waals surface area contributed by atoms with E-state index in [1.807, 2.05) is 23.1 Å². The van der Waals surface area contributed by atoms with Crippen LogP contribution >= 0.6 is 35.6 Å². The van der Waals surface area contributed by atoms with Gasteiger partial charge in [0.2, 0.25) is 11.8 Å². The van der Waals surface area contributed by atoms with E-state index in [9.17, 15) is 23.9 Å². The average molecular weight is 622 g/mol. The van der Waals surface area contributed by atoms with Crippen molar-refractivity contribution in [2.75, 3.05) is 38.1 Å². The first-order chi connectivity index (χ1) is 18.7. The van der Waals surface area contributed by atoms with Gasteiger partial charge in [-0.1, -0.05) is 42.5 Å². The maximum atomic E-state index is 13.7. The summed E-state index contributed by atoms with van der Waals surface area (Å²) in [6, 6.07) is 10.1. The van der Waals surface area contributed by atoms with Gasteiger partial charge >= 0.3 is 5.97 Å². The molecule has 2 rings (SSSR count). The predicted molar refractivity (Wildman–Crippen MR) is 155 cm³/mol. The first-order valence-corrected chi connectivity index (χ1v) is 13.6. The van der Waals surface area contributed by atoms with Gasteiger partial charge in [-0.05, 0) is 30.2 Å². The monoisotopic (exact) mass is 620 g/mol. The molecule has 40 heavy (non-hydrogen) atoms. The van der Waals surface area contributed by atoms with Crippen LogP contribution in [0, 0.1) is 5.82 Å². The Labute approximate surface area is 249 Å². The molecule has 222 valence electrons. The number of halogens is 4. The lowest BCUT2D eigenvalue weighted by Crippen LogP contribution is -2.58. The second-order valence-electron chi connectivity index (χ2n) is 8.69. The number of aliphatic hydroxyl groups is 1. The summed E-state index contributed by atoms with van der Waals surface area (Å²) in [5, 5.41) is 14.6. The molecule has 4 atom stereocenters. The van der Waals surface area contributed by atoms with Crippen molar-refractivity contribution in [3.8, 4) is 0 Å². The van der Waals surface area contributed by atoms with Crippen LogP contribution < -0.4 is 16.4 Å². The van der Waals surface area contributed by atoms with Gasteiger partial charge in [-0.15, -0.1) is 35.6 Å². The van der Waals surface area contributed by atoms with Crippen molar-refractivity contribution in [2.24, 2.45) is 5.73 Å². The Hall–Kier alpha value is -2.47. The number of carbonyl (C=O) groups excluding carboxylic acids is 3. The number of benzene rings is 2. The Kier molecular flexibility index (Phi) is 16.7. The smallest absolute Gasteiger partial charge is 0.330 e. The standard InChI is InChI=1S/C27H35Cl2FN4O5.ClH/c1-2-39-27(38)23(24(19-6-4-3-5-7-19)34(14-12-28)15-13-29)33-26(37)22(32-25(36)21(31)17-35)16-18-8-10-20(30)11-9-18;/h3-11,21-24,35H,2,12-17,31H2,1H3,(H,32,36)(H,33,37);1H/t21-,22-,23-,24?;/m0./s1. The molecule has 2 aromatic carbocycles. The van der Waals surface area contributed by atoms with Gasteiger partial charge in [0.1, 0.15) is 23.9 Å². The number of rotatable bonds is 16. The number of nitrogens with one attached hydrogen (secondary N) is 2. The third-order valence-corrected chi connectivity index (χ3v) is 6.29. The maximum absolute atomic E-state index is 13.7. The summed E-state index contributed by atoms with van der Waals surface area (Å²) in [6.45, 7) is 1.81. The summed E-state index contributed by atoms with van der Waals surface area (Å²) >= 11 is 12.1. The predicted octanol–water partition coefficient (Wildman–Crippen LogP) is 2.16. The van der Waals surface area contributed by atoms with E-state index in [4.69, 9.17) is 33.7 Å². The minimum absolute atomic E-state index is 0. The van der Waals surface area contributed by atoms with Gasteiger partial charge in [-0.3, -0.25) is 14.5 Å². The minimum Gasteiger partial charge on any atom is -0.464 e. The SMILES string of the molecule is CCOC(=O)[C@@H](NC(=O)[C@H](Cc1ccc(F)cc1)NC(=O)[C@@H](N)CO)C(c1ccccc1)N(CCCl)CCCl.Cl. The molecule has 0 bridgehead atoms. The third-order valence-electron chi connectivity index (χ3n) is 5.95. The van der Waals surface area contributed by atoms with Crippen LogP contribution in [0.25, 0.3) is 0 Å². The topological polar surface area (TPSA) is 134 Å². The molecule has 0 aliphatic rings. The average Bonchev–Trinajstić information content (AvgIpc) is 2.93. The van der Waals surface area contributed by atoms with Crippen LogP contribution in [0.15, 0.2) is 54.6 Å². The molecule has 0 radical (unpaired) electrons. The highest BCUT2D eigenvalue weighted by atomic mass is 35.5. The largest absolute Gasteiger partial charge is 0.464 e. The van der Waals surface area contributed by atoms with Gasteiger partial charge in [0.25, 0.3) is 0 Å². The van der Waals surface area contributed by atoms with Gasteiger partial charge in [-0.25, -0.2) is 9.18 Å². The Morgan fingerprint density at radius 1 is 1.00 bits per heavy atom. The normalized spacial score (nSPS) is 13.9. The van der Waals surface area contributed by atoms with Crippen molar-refractivity contribution in [1.29, 1.82) is 0 Å². The van der Waals surface area contributed by atoms with Crippen LogP contribution in [0.3, 0.4) is 0 Å². The van der Waals surface area contributed by atoms with Crippen LogP contribution in [0.2, 0.25) is 0 Å². The molecular formula is C27H36Cl3FN4O5. The van der Waals surface area contributed by atoms with E-state index in [2.05, 4.69) is 10.6 Å². The Morgan fingerprint density at radius 3 is 2.12 bits per heavy atom. The fourth-order valence-electron chi connectivity index (χ4n) is 4.05.